The third-order valence-electron chi connectivity index (χ3n) is 7.12. The lowest BCUT2D eigenvalue weighted by atomic mass is 9.87. The first-order valence-electron chi connectivity index (χ1n) is 11.2. The van der Waals surface area contributed by atoms with Crippen molar-refractivity contribution in [2.24, 2.45) is 10.9 Å². The average molecular weight is 390 g/mol. The van der Waals surface area contributed by atoms with Gasteiger partial charge in [-0.25, -0.2) is 4.99 Å². The Bertz CT molecular complexity index is 633. The van der Waals surface area contributed by atoms with E-state index in [1.165, 1.54) is 12.8 Å². The van der Waals surface area contributed by atoms with Gasteiger partial charge in [-0.2, -0.15) is 0 Å². The lowest BCUT2D eigenvalue weighted by molar-refractivity contribution is -0.131. The van der Waals surface area contributed by atoms with Crippen LogP contribution in [0.2, 0.25) is 0 Å². The average Bonchev–Trinajstić information content (AvgIpc) is 3.49. The molecule has 1 unspecified atom stereocenters. The number of aliphatic imine (C=N–C) groups is 1. The highest BCUT2D eigenvalue weighted by Gasteiger charge is 2.47. The minimum atomic E-state index is -0.576. The maximum atomic E-state index is 12.7. The van der Waals surface area contributed by atoms with E-state index in [1.54, 1.807) is 0 Å². The van der Waals surface area contributed by atoms with Crippen LogP contribution in [0.25, 0.3) is 0 Å². The van der Waals surface area contributed by atoms with Gasteiger partial charge in [-0.05, 0) is 58.3 Å². The predicted molar refractivity (Wildman–Crippen MR) is 109 cm³/mol. The zero-order valence-corrected chi connectivity index (χ0v) is 17.5. The van der Waals surface area contributed by atoms with Crippen molar-refractivity contribution in [2.45, 2.75) is 70.4 Å². The standard InChI is InChI=1S/C21H35N5O2/c1-3-24(4-2)20-22-19(28)21(23-20)10-13-25(14-11-21)17-7-8-18(27)26(12-9-17)15-16-5-6-16/h16-17H,3-15H2,1-2H3,(H,22,23,28). The van der Waals surface area contributed by atoms with Crippen LogP contribution in [-0.4, -0.2) is 83.3 Å². The number of hydrogen-bond donors (Lipinski definition) is 1. The van der Waals surface area contributed by atoms with Crippen LogP contribution >= 0.6 is 0 Å². The smallest absolute Gasteiger partial charge is 0.254 e. The molecule has 156 valence electrons. The largest absolute Gasteiger partial charge is 0.343 e. The maximum Gasteiger partial charge on any atom is 0.254 e. The number of carbonyl (C=O) groups is 2. The van der Waals surface area contributed by atoms with Gasteiger partial charge < -0.3 is 14.7 Å². The van der Waals surface area contributed by atoms with Gasteiger partial charge in [-0.3, -0.25) is 14.9 Å². The molecule has 28 heavy (non-hydrogen) atoms. The molecular weight excluding hydrogens is 354 g/mol. The van der Waals surface area contributed by atoms with Crippen LogP contribution in [0.1, 0.15) is 58.8 Å². The number of likely N-dealkylation sites (tertiary alicyclic amines) is 2. The Morgan fingerprint density at radius 2 is 1.79 bits per heavy atom. The van der Waals surface area contributed by atoms with Crippen LogP contribution in [0, 0.1) is 5.92 Å². The number of amides is 2. The Labute approximate surface area is 168 Å². The summed E-state index contributed by atoms with van der Waals surface area (Å²) in [4.78, 5) is 36.7. The zero-order chi connectivity index (χ0) is 19.7. The molecule has 2 saturated heterocycles. The molecule has 0 radical (unpaired) electrons. The summed E-state index contributed by atoms with van der Waals surface area (Å²) in [5, 5.41) is 3.02. The lowest BCUT2D eigenvalue weighted by Crippen LogP contribution is -2.52. The summed E-state index contributed by atoms with van der Waals surface area (Å²) in [5.74, 6) is 1.92. The zero-order valence-electron chi connectivity index (χ0n) is 17.5. The van der Waals surface area contributed by atoms with Crippen LogP contribution in [0.15, 0.2) is 4.99 Å². The van der Waals surface area contributed by atoms with Gasteiger partial charge >= 0.3 is 0 Å². The minimum Gasteiger partial charge on any atom is -0.343 e. The van der Waals surface area contributed by atoms with Gasteiger partial charge in [-0.1, -0.05) is 0 Å². The Hall–Kier alpha value is -1.63. The van der Waals surface area contributed by atoms with Crippen LogP contribution in [-0.2, 0) is 9.59 Å². The predicted octanol–water partition coefficient (Wildman–Crippen LogP) is 1.44. The number of rotatable bonds is 5. The molecule has 3 fully saturated rings. The van der Waals surface area contributed by atoms with E-state index in [9.17, 15) is 9.59 Å². The second-order valence-corrected chi connectivity index (χ2v) is 8.89. The van der Waals surface area contributed by atoms with Crippen LogP contribution in [0.5, 0.6) is 0 Å². The molecule has 7 nitrogen and oxygen atoms in total. The molecule has 1 saturated carbocycles. The van der Waals surface area contributed by atoms with E-state index >= 15 is 0 Å². The fourth-order valence-electron chi connectivity index (χ4n) is 4.96. The van der Waals surface area contributed by atoms with Gasteiger partial charge in [0, 0.05) is 51.7 Å². The summed E-state index contributed by atoms with van der Waals surface area (Å²) in [6.45, 7) is 9.53. The van der Waals surface area contributed by atoms with Gasteiger partial charge in [0.05, 0.1) is 0 Å². The molecule has 4 rings (SSSR count). The molecule has 1 N–H and O–H groups in total. The van der Waals surface area contributed by atoms with E-state index in [2.05, 4.69) is 33.9 Å². The first-order valence-corrected chi connectivity index (χ1v) is 11.2. The molecule has 2 amide bonds. The summed E-state index contributed by atoms with van der Waals surface area (Å²) in [5.41, 5.74) is -0.576. The molecule has 0 aromatic carbocycles. The Morgan fingerprint density at radius 1 is 1.07 bits per heavy atom. The Morgan fingerprint density at radius 3 is 2.43 bits per heavy atom. The van der Waals surface area contributed by atoms with Gasteiger partial charge in [0.2, 0.25) is 11.9 Å². The molecule has 1 spiro atoms. The van der Waals surface area contributed by atoms with E-state index in [0.29, 0.717) is 18.4 Å². The van der Waals surface area contributed by atoms with Crippen LogP contribution < -0.4 is 5.32 Å². The highest BCUT2D eigenvalue weighted by molar-refractivity contribution is 6.07. The second-order valence-electron chi connectivity index (χ2n) is 8.89. The van der Waals surface area contributed by atoms with Crippen molar-refractivity contribution in [2.75, 3.05) is 39.3 Å². The molecular formula is C21H35N5O2. The van der Waals surface area contributed by atoms with Gasteiger partial charge in [0.25, 0.3) is 5.91 Å². The van der Waals surface area contributed by atoms with Crippen molar-refractivity contribution >= 4 is 17.8 Å². The minimum absolute atomic E-state index is 0.0701. The lowest BCUT2D eigenvalue weighted by Gasteiger charge is -2.39. The number of nitrogens with one attached hydrogen (secondary N) is 1. The van der Waals surface area contributed by atoms with Crippen LogP contribution in [0.4, 0.5) is 0 Å². The van der Waals surface area contributed by atoms with Crippen molar-refractivity contribution in [3.8, 4) is 0 Å². The summed E-state index contributed by atoms with van der Waals surface area (Å²) in [7, 11) is 0. The fraction of sp³-hybridized carbons (Fsp3) is 0.857. The third kappa shape index (κ3) is 3.91. The van der Waals surface area contributed by atoms with Crippen molar-refractivity contribution in [1.82, 2.24) is 20.0 Å². The molecule has 0 aromatic heterocycles. The van der Waals surface area contributed by atoms with Crippen molar-refractivity contribution in [3.05, 3.63) is 0 Å². The summed E-state index contributed by atoms with van der Waals surface area (Å²) < 4.78 is 0. The number of piperidine rings is 1. The van der Waals surface area contributed by atoms with Crippen molar-refractivity contribution < 1.29 is 9.59 Å². The third-order valence-corrected chi connectivity index (χ3v) is 7.12. The quantitative estimate of drug-likeness (QED) is 0.773. The van der Waals surface area contributed by atoms with E-state index in [1.807, 2.05) is 0 Å². The molecule has 0 bridgehead atoms. The SMILES string of the molecule is CCN(CC)C1=NC2(CCN(C3CCC(=O)N(CC4CC4)CC3)CC2)C(=O)N1. The first kappa shape index (κ1) is 19.7. The Balaban J connectivity index is 1.35. The summed E-state index contributed by atoms with van der Waals surface area (Å²) in [6, 6.07) is 0.459. The summed E-state index contributed by atoms with van der Waals surface area (Å²) in [6.07, 6.45) is 6.82. The highest BCUT2D eigenvalue weighted by Crippen LogP contribution is 2.34. The summed E-state index contributed by atoms with van der Waals surface area (Å²) >= 11 is 0. The molecule has 1 atom stereocenters. The van der Waals surface area contributed by atoms with Gasteiger partial charge in [0.15, 0.2) is 0 Å². The van der Waals surface area contributed by atoms with Crippen molar-refractivity contribution in [3.63, 3.8) is 0 Å². The highest BCUT2D eigenvalue weighted by atomic mass is 16.2. The number of carbonyl (C=O) groups excluding carboxylic acids is 2. The topological polar surface area (TPSA) is 68.2 Å². The van der Waals surface area contributed by atoms with Crippen LogP contribution in [0.3, 0.4) is 0 Å². The molecule has 4 aliphatic rings. The van der Waals surface area contributed by atoms with Gasteiger partial charge in [-0.15, -0.1) is 0 Å². The molecule has 0 aromatic rings. The number of hydrogen-bond acceptors (Lipinski definition) is 5. The van der Waals surface area contributed by atoms with Gasteiger partial charge in [0.1, 0.15) is 5.54 Å². The normalized spacial score (nSPS) is 28.3. The molecule has 3 aliphatic heterocycles. The van der Waals surface area contributed by atoms with E-state index in [0.717, 1.165) is 76.8 Å². The number of nitrogens with zero attached hydrogens (tertiary/aromatic N) is 4. The fourth-order valence-corrected chi connectivity index (χ4v) is 4.96. The van der Waals surface area contributed by atoms with E-state index in [4.69, 9.17) is 4.99 Å². The maximum absolute atomic E-state index is 12.7. The molecule has 3 heterocycles. The van der Waals surface area contributed by atoms with E-state index in [-0.39, 0.29) is 5.91 Å². The molecule has 7 heteroatoms. The Kier molecular flexibility index (Phi) is 5.63. The second kappa shape index (κ2) is 8.01. The molecule has 1 aliphatic carbocycles. The number of guanidine groups is 1. The first-order chi connectivity index (χ1) is 13.5. The van der Waals surface area contributed by atoms with Crippen molar-refractivity contribution in [1.29, 1.82) is 0 Å². The monoisotopic (exact) mass is 389 g/mol. The van der Waals surface area contributed by atoms with E-state index < -0.39 is 5.54 Å².